The monoisotopic (exact) mass is 622 g/mol. The summed E-state index contributed by atoms with van der Waals surface area (Å²) in [5, 5.41) is 10.5. The van der Waals surface area contributed by atoms with Gasteiger partial charge in [0, 0.05) is 10.0 Å². The van der Waals surface area contributed by atoms with Crippen molar-refractivity contribution >= 4 is 50.8 Å². The maximum Gasteiger partial charge on any atom is 0.306 e. The Labute approximate surface area is 248 Å². The van der Waals surface area contributed by atoms with Crippen LogP contribution in [-0.2, 0) is 24.3 Å². The van der Waals surface area contributed by atoms with Crippen molar-refractivity contribution in [3.05, 3.63) is 99.8 Å². The zero-order chi connectivity index (χ0) is 29.9. The molecule has 1 fully saturated rings. The number of ether oxygens (including phenoxy) is 1. The van der Waals surface area contributed by atoms with Gasteiger partial charge in [0.05, 0.1) is 37.0 Å². The van der Waals surface area contributed by atoms with Crippen LogP contribution < -0.4 is 4.31 Å². The SMILES string of the molecule is CC[C@@H](CN(c1ccccc1F)S(C)(=O)=O)N1C(=O)C(CC(=O)O)OC(c2cccc(Cl)c2)C1c1ccc(Cl)cc1. The number of sulfonamides is 1. The average molecular weight is 624 g/mol. The fraction of sp³-hybridized carbons (Fsp3) is 0.310. The Morgan fingerprint density at radius 2 is 1.73 bits per heavy atom. The van der Waals surface area contributed by atoms with Gasteiger partial charge in [-0.15, -0.1) is 0 Å². The molecule has 0 aromatic heterocycles. The number of morpholine rings is 1. The molecular formula is C29H29Cl2FN2O6S. The van der Waals surface area contributed by atoms with Crippen LogP contribution in [0.2, 0.25) is 10.0 Å². The van der Waals surface area contributed by atoms with Crippen LogP contribution in [0.4, 0.5) is 10.1 Å². The molecule has 1 N–H and O–H groups in total. The van der Waals surface area contributed by atoms with Gasteiger partial charge in [0.25, 0.3) is 5.91 Å². The molecule has 1 aliphatic rings. The van der Waals surface area contributed by atoms with E-state index in [1.165, 1.54) is 23.1 Å². The first kappa shape index (κ1) is 30.8. The first-order valence-corrected chi connectivity index (χ1v) is 15.4. The molecule has 1 heterocycles. The van der Waals surface area contributed by atoms with E-state index in [0.717, 1.165) is 16.6 Å². The Kier molecular flexibility index (Phi) is 9.59. The highest BCUT2D eigenvalue weighted by Gasteiger charge is 2.47. The van der Waals surface area contributed by atoms with Crippen LogP contribution in [0.1, 0.15) is 43.0 Å². The largest absolute Gasteiger partial charge is 0.481 e. The molecule has 218 valence electrons. The van der Waals surface area contributed by atoms with E-state index < -0.39 is 58.4 Å². The van der Waals surface area contributed by atoms with E-state index in [2.05, 4.69) is 0 Å². The fourth-order valence-electron chi connectivity index (χ4n) is 5.07. The van der Waals surface area contributed by atoms with Crippen molar-refractivity contribution in [1.82, 2.24) is 4.90 Å². The number of carbonyl (C=O) groups excluding carboxylic acids is 1. The molecule has 0 saturated carbocycles. The Morgan fingerprint density at radius 3 is 2.32 bits per heavy atom. The highest BCUT2D eigenvalue weighted by Crippen LogP contribution is 2.45. The Hall–Kier alpha value is -3.18. The van der Waals surface area contributed by atoms with Gasteiger partial charge in [-0.25, -0.2) is 12.8 Å². The molecule has 1 amide bonds. The lowest BCUT2D eigenvalue weighted by atomic mass is 9.89. The van der Waals surface area contributed by atoms with E-state index in [9.17, 15) is 27.5 Å². The lowest BCUT2D eigenvalue weighted by Gasteiger charge is -2.48. The van der Waals surface area contributed by atoms with E-state index in [-0.39, 0.29) is 18.7 Å². The molecule has 8 nitrogen and oxygen atoms in total. The predicted molar refractivity (Wildman–Crippen MR) is 155 cm³/mol. The number of halogens is 3. The van der Waals surface area contributed by atoms with E-state index in [1.807, 2.05) is 0 Å². The number of amides is 1. The molecule has 0 spiro atoms. The summed E-state index contributed by atoms with van der Waals surface area (Å²) in [4.78, 5) is 27.3. The summed E-state index contributed by atoms with van der Waals surface area (Å²) in [5.74, 6) is -2.61. The number of benzene rings is 3. The van der Waals surface area contributed by atoms with Crippen molar-refractivity contribution in [3.63, 3.8) is 0 Å². The number of hydrogen-bond donors (Lipinski definition) is 1. The molecule has 4 rings (SSSR count). The normalized spacial score (nSPS) is 20.1. The van der Waals surface area contributed by atoms with Crippen LogP contribution in [0.5, 0.6) is 0 Å². The van der Waals surface area contributed by atoms with Gasteiger partial charge in [-0.3, -0.25) is 13.9 Å². The van der Waals surface area contributed by atoms with E-state index in [0.29, 0.717) is 21.2 Å². The number of carboxylic acid groups (broad SMARTS) is 1. The molecule has 12 heteroatoms. The zero-order valence-electron chi connectivity index (χ0n) is 22.3. The number of nitrogens with zero attached hydrogens (tertiary/aromatic N) is 2. The predicted octanol–water partition coefficient (Wildman–Crippen LogP) is 5.86. The molecule has 0 radical (unpaired) electrons. The summed E-state index contributed by atoms with van der Waals surface area (Å²) in [7, 11) is -4.00. The van der Waals surface area contributed by atoms with Crippen molar-refractivity contribution in [3.8, 4) is 0 Å². The molecule has 3 unspecified atom stereocenters. The second kappa shape index (κ2) is 12.8. The van der Waals surface area contributed by atoms with Gasteiger partial charge in [0.15, 0.2) is 0 Å². The fourth-order valence-corrected chi connectivity index (χ4v) is 6.34. The number of carbonyl (C=O) groups is 2. The van der Waals surface area contributed by atoms with Gasteiger partial charge in [-0.1, -0.05) is 66.5 Å². The minimum atomic E-state index is -4.00. The first-order valence-electron chi connectivity index (χ1n) is 12.8. The van der Waals surface area contributed by atoms with Gasteiger partial charge in [-0.2, -0.15) is 0 Å². The number of anilines is 1. The van der Waals surface area contributed by atoms with Gasteiger partial charge >= 0.3 is 5.97 Å². The number of hydrogen-bond acceptors (Lipinski definition) is 5. The molecule has 0 bridgehead atoms. The highest BCUT2D eigenvalue weighted by atomic mass is 35.5. The lowest BCUT2D eigenvalue weighted by Crippen LogP contribution is -2.58. The quantitative estimate of drug-likeness (QED) is 0.304. The smallest absolute Gasteiger partial charge is 0.306 e. The summed E-state index contributed by atoms with van der Waals surface area (Å²) < 4.78 is 47.9. The topological polar surface area (TPSA) is 104 Å². The first-order chi connectivity index (χ1) is 19.4. The molecule has 1 saturated heterocycles. The number of para-hydroxylation sites is 1. The molecular weight excluding hydrogens is 594 g/mol. The van der Waals surface area contributed by atoms with E-state index >= 15 is 0 Å². The van der Waals surface area contributed by atoms with Crippen LogP contribution in [0.3, 0.4) is 0 Å². The Morgan fingerprint density at radius 1 is 1.05 bits per heavy atom. The van der Waals surface area contributed by atoms with Crippen molar-refractivity contribution in [1.29, 1.82) is 0 Å². The third kappa shape index (κ3) is 7.01. The summed E-state index contributed by atoms with van der Waals surface area (Å²) in [6, 6.07) is 17.4. The van der Waals surface area contributed by atoms with Crippen molar-refractivity contribution < 1.29 is 32.2 Å². The van der Waals surface area contributed by atoms with Crippen LogP contribution in [0.15, 0.2) is 72.8 Å². The maximum absolute atomic E-state index is 14.9. The standard InChI is InChI=1S/C29H29Cl2FN2O6S/c1-3-22(17-33(41(2,38)39)24-10-5-4-9-23(24)32)34-27(18-11-13-20(30)14-12-18)28(19-7-6-8-21(31)15-19)40-25(29(34)37)16-26(35)36/h4-15,22,25,27-28H,3,16-17H2,1-2H3,(H,35,36)/t22-,25?,27?,28?/m0/s1. The van der Waals surface area contributed by atoms with Crippen LogP contribution in [-0.4, -0.2) is 55.2 Å². The van der Waals surface area contributed by atoms with Gasteiger partial charge < -0.3 is 14.7 Å². The molecule has 4 atom stereocenters. The van der Waals surface area contributed by atoms with Crippen molar-refractivity contribution in [2.75, 3.05) is 17.1 Å². The highest BCUT2D eigenvalue weighted by molar-refractivity contribution is 7.92. The van der Waals surface area contributed by atoms with E-state index in [4.69, 9.17) is 27.9 Å². The Balaban J connectivity index is 1.89. The third-order valence-corrected chi connectivity index (χ3v) is 8.57. The number of carboxylic acids is 1. The summed E-state index contributed by atoms with van der Waals surface area (Å²) >= 11 is 12.5. The average Bonchev–Trinajstić information content (AvgIpc) is 2.91. The van der Waals surface area contributed by atoms with Gasteiger partial charge in [0.2, 0.25) is 10.0 Å². The van der Waals surface area contributed by atoms with E-state index in [1.54, 1.807) is 55.5 Å². The summed E-state index contributed by atoms with van der Waals surface area (Å²) in [6.45, 7) is 1.49. The van der Waals surface area contributed by atoms with Crippen LogP contribution in [0, 0.1) is 5.82 Å². The zero-order valence-corrected chi connectivity index (χ0v) is 24.6. The molecule has 41 heavy (non-hydrogen) atoms. The molecule has 3 aromatic rings. The third-order valence-electron chi connectivity index (χ3n) is 6.94. The lowest BCUT2D eigenvalue weighted by molar-refractivity contribution is -0.183. The molecule has 3 aromatic carbocycles. The minimum Gasteiger partial charge on any atom is -0.481 e. The van der Waals surface area contributed by atoms with Gasteiger partial charge in [-0.05, 0) is 53.9 Å². The maximum atomic E-state index is 14.9. The number of rotatable bonds is 10. The molecule has 0 aliphatic carbocycles. The minimum absolute atomic E-state index is 0.161. The van der Waals surface area contributed by atoms with Crippen molar-refractivity contribution in [2.24, 2.45) is 0 Å². The second-order valence-corrected chi connectivity index (χ2v) is 12.5. The van der Waals surface area contributed by atoms with Crippen LogP contribution in [0.25, 0.3) is 0 Å². The van der Waals surface area contributed by atoms with Crippen LogP contribution >= 0.6 is 23.2 Å². The summed E-state index contributed by atoms with van der Waals surface area (Å²) in [6.07, 6.45) is -1.62. The summed E-state index contributed by atoms with van der Waals surface area (Å²) in [5.41, 5.74) is 1.05. The van der Waals surface area contributed by atoms with Gasteiger partial charge in [0.1, 0.15) is 18.0 Å². The second-order valence-electron chi connectivity index (χ2n) is 9.75. The van der Waals surface area contributed by atoms with Crippen molar-refractivity contribution in [2.45, 2.75) is 44.1 Å². The number of aliphatic carboxylic acids is 1. The molecule has 1 aliphatic heterocycles. The Bertz CT molecular complexity index is 1520.